The third-order valence-electron chi connectivity index (χ3n) is 25.3. The Bertz CT molecular complexity index is 6270. The molecular weight excluding hydrogens is 1840 g/mol. The van der Waals surface area contributed by atoms with Crippen molar-refractivity contribution in [2.75, 3.05) is 21.3 Å². The summed E-state index contributed by atoms with van der Waals surface area (Å²) in [4.78, 5) is 91.2. The summed E-state index contributed by atoms with van der Waals surface area (Å²) in [6.45, 7) is 0.0670. The van der Waals surface area contributed by atoms with Crippen molar-refractivity contribution in [1.82, 2.24) is 39.9 Å². The maximum absolute atomic E-state index is 13.2. The molecule has 0 spiro atoms. The Morgan fingerprint density at radius 3 is 0.771 bits per heavy atom. The minimum atomic E-state index is -0.329. The van der Waals surface area contributed by atoms with Crippen LogP contribution in [0.1, 0.15) is 135 Å². The molecule has 4 amide bonds. The zero-order valence-electron chi connectivity index (χ0n) is 77.3. The molecule has 0 atom stereocenters. The number of aliphatic hydroxyl groups is 4. The average Bonchev–Trinajstić information content (AvgIpc) is 0.781. The van der Waals surface area contributed by atoms with E-state index in [2.05, 4.69) is 91.8 Å². The summed E-state index contributed by atoms with van der Waals surface area (Å²) < 4.78 is 14.2. The van der Waals surface area contributed by atoms with Gasteiger partial charge in [-0.25, -0.2) is 44.3 Å². The zero-order chi connectivity index (χ0) is 96.8. The summed E-state index contributed by atoms with van der Waals surface area (Å²) >= 11 is 9.41. The number of fused-ring (bicyclic) bond motifs is 12. The lowest BCUT2D eigenvalue weighted by atomic mass is 9.90. The first-order valence-corrected chi connectivity index (χ1v) is 48.4. The highest BCUT2D eigenvalue weighted by Gasteiger charge is 2.30. The molecule has 140 heavy (non-hydrogen) atoms. The van der Waals surface area contributed by atoms with Gasteiger partial charge in [-0.05, 0) is 240 Å². The molecule has 4 heterocycles. The van der Waals surface area contributed by atoms with E-state index >= 15 is 0 Å². The molecule has 4 aromatic heterocycles. The molecule has 0 unspecified atom stereocenters. The number of phenolic OH excluding ortho intramolecular Hbond substituents is 1. The minimum Gasteiger partial charge on any atom is -0.508 e. The predicted molar refractivity (Wildman–Crippen MR) is 548 cm³/mol. The second kappa shape index (κ2) is 46.6. The first-order chi connectivity index (χ1) is 68.3. The highest BCUT2D eigenvalue weighted by molar-refractivity contribution is 9.10. The molecule has 4 aliphatic rings. The Morgan fingerprint density at radius 2 is 0.514 bits per heavy atom. The van der Waals surface area contributed by atoms with Crippen LogP contribution in [0.4, 0.5) is 27.7 Å². The molecule has 20 rings (SSSR count). The molecule has 24 heteroatoms. The monoisotopic (exact) mass is 1940 g/mol. The van der Waals surface area contributed by atoms with E-state index in [1.165, 1.54) is 45.5 Å². The normalized spacial score (nSPS) is 12.1. The Labute approximate surface area is 825 Å². The van der Waals surface area contributed by atoms with E-state index in [1.54, 1.807) is 48.5 Å². The molecule has 9 N–H and O–H groups in total. The number of aryl methyl sites for hydroxylation is 16. The van der Waals surface area contributed by atoms with E-state index in [4.69, 9.17) is 51.5 Å². The molecule has 4 aliphatic carbocycles. The van der Waals surface area contributed by atoms with Crippen LogP contribution in [-0.2, 0) is 174 Å². The molecule has 16 aromatic rings. The lowest BCUT2D eigenvalue weighted by Crippen LogP contribution is -2.20. The van der Waals surface area contributed by atoms with Gasteiger partial charge in [0.25, 0.3) is 0 Å². The number of benzene rings is 12. The van der Waals surface area contributed by atoms with Gasteiger partial charge in [-0.15, -0.1) is 0 Å². The van der Waals surface area contributed by atoms with Gasteiger partial charge in [-0.3, -0.25) is 19.2 Å². The highest BCUT2D eigenvalue weighted by atomic mass is 79.9. The summed E-state index contributed by atoms with van der Waals surface area (Å²) in [6, 6.07) is 92.4. The zero-order valence-corrected chi connectivity index (χ0v) is 79.6. The lowest BCUT2D eigenvalue weighted by molar-refractivity contribution is -0.116. The largest absolute Gasteiger partial charge is 0.508 e. The van der Waals surface area contributed by atoms with E-state index < -0.39 is 0 Å². The molecule has 0 saturated heterocycles. The molecule has 704 valence electrons. The molecular formula is C116H105BrClFN12O9. The van der Waals surface area contributed by atoms with Crippen LogP contribution in [-0.4, -0.2) is 89.0 Å². The number of aliphatic hydroxyl groups excluding tert-OH is 4. The molecule has 0 radical (unpaired) electrons. The van der Waals surface area contributed by atoms with E-state index in [1.807, 2.05) is 176 Å². The second-order valence-corrected chi connectivity index (χ2v) is 36.6. The number of phenols is 1. The van der Waals surface area contributed by atoms with Crippen molar-refractivity contribution in [3.63, 3.8) is 0 Å². The first-order valence-electron chi connectivity index (χ1n) is 47.2. The van der Waals surface area contributed by atoms with Crippen LogP contribution < -0.4 is 21.3 Å². The number of aromatic hydroxyl groups is 1. The smallest absolute Gasteiger partial charge is 0.229 e. The molecule has 0 aliphatic heterocycles. The number of carbonyl (C=O) groups is 4. The second-order valence-electron chi connectivity index (χ2n) is 35.2. The fourth-order valence-electron chi connectivity index (χ4n) is 17.9. The van der Waals surface area contributed by atoms with E-state index in [-0.39, 0.29) is 87.3 Å². The lowest BCUT2D eigenvalue weighted by Gasteiger charge is -2.21. The van der Waals surface area contributed by atoms with Crippen molar-refractivity contribution in [3.05, 3.63) is 441 Å². The molecule has 21 nitrogen and oxygen atoms in total. The predicted octanol–water partition coefficient (Wildman–Crippen LogP) is 20.1. The fraction of sp³-hybridized carbons (Fsp3) is 0.207. The average molecular weight is 1950 g/mol. The summed E-state index contributed by atoms with van der Waals surface area (Å²) in [5, 5.41) is 60.2. The summed E-state index contributed by atoms with van der Waals surface area (Å²) in [5.41, 5.74) is 30.6. The SMILES string of the molecule is O=C(Cc1ccc(Br)cc1)Nc1nc2c(nc1CCc1ccccc1)-c1ccc(CO)cc1CC2.O=C(Cc1ccc(Cl)cc1)Nc1nc2c(nc1CCc1ccccc1)-c1ccc(CO)cc1CC2.O=C(Cc1ccc(F)cc1)Nc1nc2c(nc1CCc1ccccc1)-c1ccc(CO)cc1CC2.O=C(Cc1ccc(O)cc1)Nc1nc2c(nc1CCc1ccccc1)-c1ccc(CO)cc1CC2. The number of anilines is 4. The number of halogens is 3. The van der Waals surface area contributed by atoms with Crippen LogP contribution in [0.3, 0.4) is 0 Å². The van der Waals surface area contributed by atoms with Gasteiger partial charge < -0.3 is 46.8 Å². The number of nitrogens with one attached hydrogen (secondary N) is 4. The Morgan fingerprint density at radius 1 is 0.279 bits per heavy atom. The molecule has 12 aromatic carbocycles. The van der Waals surface area contributed by atoms with Crippen molar-refractivity contribution in [1.29, 1.82) is 0 Å². The number of amides is 4. The third kappa shape index (κ3) is 25.4. The van der Waals surface area contributed by atoms with Gasteiger partial charge in [0.1, 0.15) is 11.6 Å². The number of carbonyl (C=O) groups excluding carboxylic acids is 4. The Hall–Kier alpha value is -14.8. The van der Waals surface area contributed by atoms with Crippen LogP contribution >= 0.6 is 27.5 Å². The number of hydrogen-bond acceptors (Lipinski definition) is 17. The number of nitrogens with zero attached hydrogens (tertiary/aromatic N) is 8. The molecule has 0 saturated carbocycles. The van der Waals surface area contributed by atoms with Gasteiger partial charge in [-0.2, -0.15) is 0 Å². The van der Waals surface area contributed by atoms with E-state index in [9.17, 15) is 49.1 Å². The van der Waals surface area contributed by atoms with Crippen LogP contribution in [0.15, 0.2) is 296 Å². The van der Waals surface area contributed by atoms with Crippen LogP contribution in [0.25, 0.3) is 45.0 Å². The molecule has 0 fully saturated rings. The van der Waals surface area contributed by atoms with Crippen molar-refractivity contribution in [2.45, 2.75) is 155 Å². The van der Waals surface area contributed by atoms with Crippen molar-refractivity contribution >= 4 is 74.4 Å². The van der Waals surface area contributed by atoms with E-state index in [0.29, 0.717) is 60.4 Å². The Balaban J connectivity index is 0.000000129. The van der Waals surface area contributed by atoms with Gasteiger partial charge in [0.2, 0.25) is 23.6 Å². The number of hydrogen-bond donors (Lipinski definition) is 9. The highest BCUT2D eigenvalue weighted by Crippen LogP contribution is 2.40. The Kier molecular flexibility index (Phi) is 32.2. The number of aromatic nitrogens is 8. The minimum absolute atomic E-state index is 0.00711. The summed E-state index contributed by atoms with van der Waals surface area (Å²) in [5.74, 6) is 1.31. The van der Waals surface area contributed by atoms with Gasteiger partial charge >= 0.3 is 0 Å². The van der Waals surface area contributed by atoms with Crippen molar-refractivity contribution in [3.8, 4) is 50.8 Å². The summed E-state index contributed by atoms with van der Waals surface area (Å²) in [6.07, 6.45) is 12.8. The van der Waals surface area contributed by atoms with Gasteiger partial charge in [0, 0.05) is 31.7 Å². The fourth-order valence-corrected chi connectivity index (χ4v) is 18.3. The van der Waals surface area contributed by atoms with Gasteiger partial charge in [0.05, 0.1) is 120 Å². The van der Waals surface area contributed by atoms with Crippen LogP contribution in [0.5, 0.6) is 5.75 Å². The van der Waals surface area contributed by atoms with Crippen LogP contribution in [0, 0.1) is 5.82 Å². The topological polar surface area (TPSA) is 321 Å². The molecule has 0 bridgehead atoms. The maximum atomic E-state index is 13.2. The number of rotatable bonds is 28. The van der Waals surface area contributed by atoms with Crippen molar-refractivity contribution in [2.24, 2.45) is 0 Å². The summed E-state index contributed by atoms with van der Waals surface area (Å²) in [7, 11) is 0. The van der Waals surface area contributed by atoms with Crippen molar-refractivity contribution < 1.29 is 49.1 Å². The van der Waals surface area contributed by atoms with Gasteiger partial charge in [-0.1, -0.05) is 270 Å². The quantitative estimate of drug-likeness (QED) is 0.0220. The van der Waals surface area contributed by atoms with Crippen LogP contribution in [0.2, 0.25) is 5.02 Å². The standard InChI is InChI=1S/C29H26BrN3O2.C29H26ClN3O2.C29H26FN3O2.C29H27N3O3/c3*30-23-11-6-20(7-12-23)17-27(35)33-29-26(14-9-19-4-2-1-3-5-19)31-28-24-13-8-21(18-34)16-22(24)10-15-25(28)32-29;33-18-21-8-13-24-22(16-21)10-15-25-28(24)30-26(14-9-19-4-2-1-3-5-19)29(31-25)32-27(35)17-20-6-11-23(34)12-7-20/h3*1-8,11-13,16,34H,9-10,14-15,17-18H2,(H,32,33,35);1-8,11-13,16,33-34H,9-10,14-15,17-18H2,(H,31,32,35). The maximum Gasteiger partial charge on any atom is 0.229 e. The van der Waals surface area contributed by atoms with E-state index in [0.717, 1.165) is 221 Å². The van der Waals surface area contributed by atoms with Gasteiger partial charge in [0.15, 0.2) is 23.3 Å². The third-order valence-corrected chi connectivity index (χ3v) is 26.0. The first kappa shape index (κ1) is 96.8.